The van der Waals surface area contributed by atoms with Crippen LogP contribution in [0.5, 0.6) is 5.75 Å². The summed E-state index contributed by atoms with van der Waals surface area (Å²) in [5.74, 6) is 0.883. The highest BCUT2D eigenvalue weighted by Gasteiger charge is 2.27. The number of benzene rings is 2. The van der Waals surface area contributed by atoms with Crippen LogP contribution in [0.1, 0.15) is 35.3 Å². The Bertz CT molecular complexity index is 657. The highest BCUT2D eigenvalue weighted by atomic mass is 79.9. The fourth-order valence-electron chi connectivity index (χ4n) is 2.49. The maximum Gasteiger partial charge on any atom is 0.126 e. The maximum absolute atomic E-state index is 6.30. The first-order valence-electron chi connectivity index (χ1n) is 6.52. The van der Waals surface area contributed by atoms with Crippen molar-refractivity contribution in [1.82, 2.24) is 0 Å². The van der Waals surface area contributed by atoms with Gasteiger partial charge >= 0.3 is 0 Å². The summed E-state index contributed by atoms with van der Waals surface area (Å²) >= 11 is 7.05. The van der Waals surface area contributed by atoms with Gasteiger partial charge in [0.1, 0.15) is 11.9 Å². The summed E-state index contributed by atoms with van der Waals surface area (Å²) in [7, 11) is 0. The molecule has 0 saturated carbocycles. The third kappa shape index (κ3) is 2.65. The van der Waals surface area contributed by atoms with Crippen LogP contribution in [-0.4, -0.2) is 0 Å². The van der Waals surface area contributed by atoms with E-state index >= 15 is 0 Å². The molecule has 1 aliphatic heterocycles. The Labute approximate surface area is 135 Å². The highest BCUT2D eigenvalue weighted by molar-refractivity contribution is 9.10. The second-order valence-electron chi connectivity index (χ2n) is 5.14. The van der Waals surface area contributed by atoms with Gasteiger partial charge in [-0.2, -0.15) is 0 Å². The lowest BCUT2D eigenvalue weighted by Gasteiger charge is -2.31. The SMILES string of the molecule is Cc1ccc(C2C[C@@H](N)c3cc(Br)ccc3O2)cc1Br. The van der Waals surface area contributed by atoms with Crippen LogP contribution in [0.25, 0.3) is 0 Å². The van der Waals surface area contributed by atoms with Crippen LogP contribution in [0.15, 0.2) is 45.3 Å². The minimum atomic E-state index is 0.00123. The van der Waals surface area contributed by atoms with Gasteiger partial charge in [-0.3, -0.25) is 0 Å². The summed E-state index contributed by atoms with van der Waals surface area (Å²) in [6.07, 6.45) is 0.800. The molecule has 2 atom stereocenters. The van der Waals surface area contributed by atoms with E-state index in [4.69, 9.17) is 10.5 Å². The van der Waals surface area contributed by atoms with E-state index in [0.717, 1.165) is 32.2 Å². The van der Waals surface area contributed by atoms with Gasteiger partial charge in [-0.25, -0.2) is 0 Å². The molecule has 20 heavy (non-hydrogen) atoms. The van der Waals surface area contributed by atoms with Crippen molar-refractivity contribution in [3.8, 4) is 5.75 Å². The van der Waals surface area contributed by atoms with Gasteiger partial charge in [0.2, 0.25) is 0 Å². The minimum Gasteiger partial charge on any atom is -0.485 e. The zero-order valence-corrected chi connectivity index (χ0v) is 14.2. The Hall–Kier alpha value is -0.840. The molecule has 0 fully saturated rings. The Morgan fingerprint density at radius 3 is 2.70 bits per heavy atom. The first-order valence-corrected chi connectivity index (χ1v) is 8.11. The van der Waals surface area contributed by atoms with E-state index in [1.165, 1.54) is 5.56 Å². The van der Waals surface area contributed by atoms with Gasteiger partial charge < -0.3 is 10.5 Å². The van der Waals surface area contributed by atoms with E-state index in [0.29, 0.717) is 0 Å². The number of hydrogen-bond donors (Lipinski definition) is 1. The summed E-state index contributed by atoms with van der Waals surface area (Å²) in [5, 5.41) is 0. The molecule has 0 bridgehead atoms. The highest BCUT2D eigenvalue weighted by Crippen LogP contribution is 2.41. The molecule has 1 unspecified atom stereocenters. The number of ether oxygens (including phenoxy) is 1. The number of rotatable bonds is 1. The third-order valence-corrected chi connectivity index (χ3v) is 5.02. The molecule has 0 radical (unpaired) electrons. The molecule has 2 aromatic rings. The number of aryl methyl sites for hydroxylation is 1. The van der Waals surface area contributed by atoms with Gasteiger partial charge in [0.15, 0.2) is 0 Å². The lowest BCUT2D eigenvalue weighted by molar-refractivity contribution is 0.161. The fourth-order valence-corrected chi connectivity index (χ4v) is 3.26. The van der Waals surface area contributed by atoms with Crippen LogP contribution >= 0.6 is 31.9 Å². The van der Waals surface area contributed by atoms with E-state index in [1.807, 2.05) is 18.2 Å². The van der Waals surface area contributed by atoms with Gasteiger partial charge in [-0.05, 0) is 42.3 Å². The van der Waals surface area contributed by atoms with E-state index in [2.05, 4.69) is 57.0 Å². The molecular formula is C16H15Br2NO. The Morgan fingerprint density at radius 2 is 1.95 bits per heavy atom. The predicted octanol–water partition coefficient (Wildman–Crippen LogP) is 5.04. The second-order valence-corrected chi connectivity index (χ2v) is 6.91. The number of nitrogens with two attached hydrogens (primary N) is 1. The van der Waals surface area contributed by atoms with E-state index in [-0.39, 0.29) is 12.1 Å². The Kier molecular flexibility index (Phi) is 3.89. The zero-order valence-electron chi connectivity index (χ0n) is 11.1. The topological polar surface area (TPSA) is 35.2 Å². The fraction of sp³-hybridized carbons (Fsp3) is 0.250. The van der Waals surface area contributed by atoms with E-state index in [9.17, 15) is 0 Å². The van der Waals surface area contributed by atoms with Crippen LogP contribution in [0.4, 0.5) is 0 Å². The molecule has 0 aromatic heterocycles. The molecule has 2 N–H and O–H groups in total. The molecule has 2 nitrogen and oxygen atoms in total. The van der Waals surface area contributed by atoms with E-state index in [1.54, 1.807) is 0 Å². The van der Waals surface area contributed by atoms with Gasteiger partial charge in [0.05, 0.1) is 0 Å². The van der Waals surface area contributed by atoms with Gasteiger partial charge in [0, 0.05) is 27.0 Å². The Balaban J connectivity index is 1.94. The molecule has 0 aliphatic carbocycles. The molecule has 2 aromatic carbocycles. The average molecular weight is 397 g/mol. The smallest absolute Gasteiger partial charge is 0.126 e. The normalized spacial score (nSPS) is 21.2. The summed E-state index contributed by atoms with van der Waals surface area (Å²) in [5.41, 5.74) is 9.75. The van der Waals surface area contributed by atoms with Crippen molar-refractivity contribution in [2.24, 2.45) is 5.73 Å². The van der Waals surface area contributed by atoms with Gasteiger partial charge in [-0.1, -0.05) is 44.0 Å². The Morgan fingerprint density at radius 1 is 1.15 bits per heavy atom. The van der Waals surface area contributed by atoms with Gasteiger partial charge in [-0.15, -0.1) is 0 Å². The number of halogens is 2. The van der Waals surface area contributed by atoms with Gasteiger partial charge in [0.25, 0.3) is 0 Å². The largest absolute Gasteiger partial charge is 0.485 e. The monoisotopic (exact) mass is 395 g/mol. The summed E-state index contributed by atoms with van der Waals surface area (Å²) in [6, 6.07) is 12.3. The molecule has 3 rings (SSSR count). The van der Waals surface area contributed by atoms with Crippen molar-refractivity contribution in [3.63, 3.8) is 0 Å². The first-order chi connectivity index (χ1) is 9.54. The number of fused-ring (bicyclic) bond motifs is 1. The standard InChI is InChI=1S/C16H15Br2NO/c1-9-2-3-10(6-13(9)18)16-8-14(19)12-7-11(17)4-5-15(12)20-16/h2-7,14,16H,8,19H2,1H3/t14-,16?/m1/s1. The average Bonchev–Trinajstić information content (AvgIpc) is 2.42. The van der Waals surface area contributed by atoms with Crippen molar-refractivity contribution in [1.29, 1.82) is 0 Å². The molecule has 1 heterocycles. The minimum absolute atomic E-state index is 0.00123. The molecule has 1 aliphatic rings. The first kappa shape index (κ1) is 14.1. The zero-order chi connectivity index (χ0) is 14.3. The third-order valence-electron chi connectivity index (χ3n) is 3.68. The van der Waals surface area contributed by atoms with Crippen LogP contribution in [-0.2, 0) is 0 Å². The molecule has 104 valence electrons. The van der Waals surface area contributed by atoms with E-state index < -0.39 is 0 Å². The lowest BCUT2D eigenvalue weighted by atomic mass is 9.93. The quantitative estimate of drug-likeness (QED) is 0.732. The van der Waals surface area contributed by atoms with Crippen molar-refractivity contribution < 1.29 is 4.74 Å². The van der Waals surface area contributed by atoms with Crippen molar-refractivity contribution >= 4 is 31.9 Å². The molecule has 0 saturated heterocycles. The summed E-state index contributed by atoms with van der Waals surface area (Å²) in [6.45, 7) is 2.08. The molecular weight excluding hydrogens is 382 g/mol. The summed E-state index contributed by atoms with van der Waals surface area (Å²) < 4.78 is 8.26. The van der Waals surface area contributed by atoms with Crippen LogP contribution in [0, 0.1) is 6.92 Å². The predicted molar refractivity (Wildman–Crippen MR) is 87.9 cm³/mol. The lowest BCUT2D eigenvalue weighted by Crippen LogP contribution is -2.24. The van der Waals surface area contributed by atoms with Crippen LogP contribution in [0.2, 0.25) is 0 Å². The van der Waals surface area contributed by atoms with Crippen LogP contribution in [0.3, 0.4) is 0 Å². The maximum atomic E-state index is 6.30. The molecule has 0 amide bonds. The number of hydrogen-bond acceptors (Lipinski definition) is 2. The molecule has 0 spiro atoms. The summed E-state index contributed by atoms with van der Waals surface area (Å²) in [4.78, 5) is 0. The van der Waals surface area contributed by atoms with Crippen molar-refractivity contribution in [3.05, 3.63) is 62.0 Å². The molecule has 4 heteroatoms. The van der Waals surface area contributed by atoms with Crippen molar-refractivity contribution in [2.45, 2.75) is 25.5 Å². The van der Waals surface area contributed by atoms with Crippen LogP contribution < -0.4 is 10.5 Å². The van der Waals surface area contributed by atoms with Crippen molar-refractivity contribution in [2.75, 3.05) is 0 Å². The second kappa shape index (κ2) is 5.51.